The highest BCUT2D eigenvalue weighted by molar-refractivity contribution is 6.12. The van der Waals surface area contributed by atoms with Gasteiger partial charge in [-0.3, -0.25) is 9.59 Å². The maximum atomic E-state index is 12.8. The Balaban J connectivity index is 2.76. The Hall–Kier alpha value is -2.82. The van der Waals surface area contributed by atoms with Gasteiger partial charge in [-0.15, -0.1) is 0 Å². The minimum Gasteiger partial charge on any atom is -0.508 e. The number of carbonyl (C=O) groups is 2. The van der Waals surface area contributed by atoms with Crippen molar-refractivity contribution in [3.05, 3.63) is 58.7 Å². The molecule has 1 atom stereocenters. The number of benzene rings is 2. The predicted octanol–water partition coefficient (Wildman–Crippen LogP) is 3.08. The number of phenols is 2. The van der Waals surface area contributed by atoms with Gasteiger partial charge in [-0.1, -0.05) is 37.3 Å². The summed E-state index contributed by atoms with van der Waals surface area (Å²) in [7, 11) is 0. The molecule has 0 aliphatic rings. The van der Waals surface area contributed by atoms with Crippen LogP contribution in [0.2, 0.25) is 0 Å². The van der Waals surface area contributed by atoms with E-state index in [2.05, 4.69) is 0 Å². The smallest absolute Gasteiger partial charge is 0.310 e. The molecule has 5 nitrogen and oxygen atoms in total. The first kappa shape index (κ1) is 16.5. The van der Waals surface area contributed by atoms with E-state index in [4.69, 9.17) is 0 Å². The van der Waals surface area contributed by atoms with Crippen LogP contribution in [0.1, 0.15) is 46.8 Å². The van der Waals surface area contributed by atoms with Crippen molar-refractivity contribution in [2.75, 3.05) is 0 Å². The number of carbonyl (C=O) groups excluding carboxylic acids is 1. The fraction of sp³-hybridized carbons (Fsp3) is 0.222. The number of rotatable bonds is 5. The zero-order chi connectivity index (χ0) is 17.1. The molecule has 2 aromatic rings. The molecule has 0 aromatic heterocycles. The summed E-state index contributed by atoms with van der Waals surface area (Å²) in [6, 6.07) is 9.40. The molecule has 0 saturated heterocycles. The fourth-order valence-electron chi connectivity index (χ4n) is 2.66. The lowest BCUT2D eigenvalue weighted by Gasteiger charge is -2.19. The van der Waals surface area contributed by atoms with Crippen LogP contribution >= 0.6 is 0 Å². The number of hydrogen-bond donors (Lipinski definition) is 3. The van der Waals surface area contributed by atoms with Crippen molar-refractivity contribution in [1.82, 2.24) is 0 Å². The Morgan fingerprint density at radius 3 is 2.22 bits per heavy atom. The molecule has 0 aliphatic heterocycles. The summed E-state index contributed by atoms with van der Waals surface area (Å²) in [6.07, 6.45) is 0.341. The monoisotopic (exact) mass is 314 g/mol. The molecular formula is C18H18O5. The highest BCUT2D eigenvalue weighted by Crippen LogP contribution is 2.38. The number of hydrogen-bond acceptors (Lipinski definition) is 4. The van der Waals surface area contributed by atoms with E-state index in [1.807, 2.05) is 0 Å². The van der Waals surface area contributed by atoms with E-state index in [1.54, 1.807) is 37.3 Å². The van der Waals surface area contributed by atoms with Gasteiger partial charge in [0, 0.05) is 11.6 Å². The van der Waals surface area contributed by atoms with E-state index >= 15 is 0 Å². The molecule has 0 aliphatic carbocycles. The lowest BCUT2D eigenvalue weighted by Crippen LogP contribution is -2.16. The Morgan fingerprint density at radius 1 is 1.09 bits per heavy atom. The largest absolute Gasteiger partial charge is 0.508 e. The third-order valence-electron chi connectivity index (χ3n) is 3.85. The van der Waals surface area contributed by atoms with Crippen LogP contribution in [-0.2, 0) is 11.2 Å². The molecule has 0 radical (unpaired) electrons. The van der Waals surface area contributed by atoms with Crippen molar-refractivity contribution < 1.29 is 24.9 Å². The molecule has 120 valence electrons. The van der Waals surface area contributed by atoms with Crippen LogP contribution in [0.25, 0.3) is 0 Å². The standard InChI is InChI=1S/C18H18O5/c1-3-12-13(19)9-14(20)16(15(12)10(2)18(22)23)17(21)11-7-5-4-6-8-11/h4-10,19-20H,3H2,1-2H3,(H,22,23). The first-order valence-corrected chi connectivity index (χ1v) is 7.28. The van der Waals surface area contributed by atoms with Gasteiger partial charge in [0.15, 0.2) is 5.78 Å². The highest BCUT2D eigenvalue weighted by Gasteiger charge is 2.29. The third kappa shape index (κ3) is 3.04. The summed E-state index contributed by atoms with van der Waals surface area (Å²) in [5.74, 6) is -3.27. The summed E-state index contributed by atoms with van der Waals surface area (Å²) in [5.41, 5.74) is 0.790. The molecular weight excluding hydrogens is 296 g/mol. The molecule has 23 heavy (non-hydrogen) atoms. The molecule has 0 saturated carbocycles. The lowest BCUT2D eigenvalue weighted by atomic mass is 9.85. The van der Waals surface area contributed by atoms with Gasteiger partial charge in [-0.2, -0.15) is 0 Å². The topological polar surface area (TPSA) is 94.8 Å². The van der Waals surface area contributed by atoms with Crippen LogP contribution < -0.4 is 0 Å². The van der Waals surface area contributed by atoms with Crippen LogP contribution in [0.3, 0.4) is 0 Å². The van der Waals surface area contributed by atoms with Crippen molar-refractivity contribution in [2.45, 2.75) is 26.2 Å². The van der Waals surface area contributed by atoms with E-state index in [1.165, 1.54) is 6.92 Å². The van der Waals surface area contributed by atoms with Crippen LogP contribution in [0, 0.1) is 0 Å². The number of aromatic hydroxyl groups is 2. The average Bonchev–Trinajstić information content (AvgIpc) is 2.53. The number of phenolic OH excluding ortho intramolecular Hbond substituents is 2. The van der Waals surface area contributed by atoms with Gasteiger partial charge in [0.25, 0.3) is 0 Å². The Labute approximate surface area is 133 Å². The van der Waals surface area contributed by atoms with Gasteiger partial charge in [0.2, 0.25) is 0 Å². The van der Waals surface area contributed by atoms with E-state index in [0.29, 0.717) is 17.5 Å². The van der Waals surface area contributed by atoms with Crippen LogP contribution in [0.15, 0.2) is 36.4 Å². The SMILES string of the molecule is CCc1c(O)cc(O)c(C(=O)c2ccccc2)c1C(C)C(=O)O. The second-order valence-corrected chi connectivity index (χ2v) is 5.29. The van der Waals surface area contributed by atoms with E-state index in [-0.39, 0.29) is 16.9 Å². The number of carboxylic acid groups (broad SMARTS) is 1. The number of carboxylic acids is 1. The van der Waals surface area contributed by atoms with E-state index in [9.17, 15) is 24.9 Å². The van der Waals surface area contributed by atoms with Gasteiger partial charge in [0.1, 0.15) is 11.5 Å². The van der Waals surface area contributed by atoms with Gasteiger partial charge in [-0.05, 0) is 24.5 Å². The molecule has 0 bridgehead atoms. The predicted molar refractivity (Wildman–Crippen MR) is 85.1 cm³/mol. The Kier molecular flexibility index (Phi) is 4.69. The summed E-state index contributed by atoms with van der Waals surface area (Å²) >= 11 is 0. The molecule has 2 aromatic carbocycles. The molecule has 3 N–H and O–H groups in total. The number of aliphatic carboxylic acids is 1. The summed E-state index contributed by atoms with van der Waals surface area (Å²) < 4.78 is 0. The molecule has 0 amide bonds. The van der Waals surface area contributed by atoms with E-state index < -0.39 is 23.4 Å². The van der Waals surface area contributed by atoms with Crippen molar-refractivity contribution in [3.8, 4) is 11.5 Å². The third-order valence-corrected chi connectivity index (χ3v) is 3.85. The minimum absolute atomic E-state index is 0.0687. The average molecular weight is 314 g/mol. The first-order valence-electron chi connectivity index (χ1n) is 7.28. The maximum Gasteiger partial charge on any atom is 0.310 e. The normalized spacial score (nSPS) is 11.9. The minimum atomic E-state index is -1.13. The van der Waals surface area contributed by atoms with Gasteiger partial charge >= 0.3 is 5.97 Å². The zero-order valence-electron chi connectivity index (χ0n) is 12.9. The van der Waals surface area contributed by atoms with Gasteiger partial charge in [-0.25, -0.2) is 0 Å². The Morgan fingerprint density at radius 2 is 1.70 bits per heavy atom. The van der Waals surface area contributed by atoms with Crippen LogP contribution in [0.5, 0.6) is 11.5 Å². The molecule has 0 heterocycles. The van der Waals surface area contributed by atoms with Crippen LogP contribution in [0.4, 0.5) is 0 Å². The summed E-state index contributed by atoms with van der Waals surface area (Å²) in [6.45, 7) is 3.18. The highest BCUT2D eigenvalue weighted by atomic mass is 16.4. The van der Waals surface area contributed by atoms with Crippen LogP contribution in [-0.4, -0.2) is 27.1 Å². The van der Waals surface area contributed by atoms with Crippen molar-refractivity contribution in [2.24, 2.45) is 0 Å². The summed E-state index contributed by atoms with van der Waals surface area (Å²) in [4.78, 5) is 24.2. The molecule has 2 rings (SSSR count). The lowest BCUT2D eigenvalue weighted by molar-refractivity contribution is -0.138. The first-order chi connectivity index (χ1) is 10.9. The zero-order valence-corrected chi connectivity index (χ0v) is 12.9. The van der Waals surface area contributed by atoms with Crippen molar-refractivity contribution in [3.63, 3.8) is 0 Å². The van der Waals surface area contributed by atoms with Crippen molar-refractivity contribution >= 4 is 11.8 Å². The number of ketones is 1. The quantitative estimate of drug-likeness (QED) is 0.737. The van der Waals surface area contributed by atoms with Crippen molar-refractivity contribution in [1.29, 1.82) is 0 Å². The molecule has 0 fully saturated rings. The maximum absolute atomic E-state index is 12.8. The van der Waals surface area contributed by atoms with Gasteiger partial charge in [0.05, 0.1) is 11.5 Å². The second-order valence-electron chi connectivity index (χ2n) is 5.29. The molecule has 1 unspecified atom stereocenters. The summed E-state index contributed by atoms with van der Waals surface area (Å²) in [5, 5.41) is 29.5. The van der Waals surface area contributed by atoms with E-state index in [0.717, 1.165) is 6.07 Å². The Bertz CT molecular complexity index is 750. The molecule has 5 heteroatoms. The van der Waals surface area contributed by atoms with Gasteiger partial charge < -0.3 is 15.3 Å². The molecule has 0 spiro atoms. The second kappa shape index (κ2) is 6.52. The fourth-order valence-corrected chi connectivity index (χ4v) is 2.66.